The molecule has 0 fully saturated rings. The van der Waals surface area contributed by atoms with E-state index in [0.29, 0.717) is 30.6 Å². The van der Waals surface area contributed by atoms with Crippen LogP contribution in [0.2, 0.25) is 0 Å². The van der Waals surface area contributed by atoms with E-state index in [4.69, 9.17) is 14.2 Å². The van der Waals surface area contributed by atoms with Crippen molar-refractivity contribution in [1.82, 2.24) is 0 Å². The van der Waals surface area contributed by atoms with Gasteiger partial charge in [0.25, 0.3) is 0 Å². The van der Waals surface area contributed by atoms with Crippen LogP contribution in [0.5, 0.6) is 23.0 Å². The third kappa shape index (κ3) is 11.5. The maximum Gasteiger partial charge on any atom is 0.340 e. The minimum absolute atomic E-state index is 0.0136. The summed E-state index contributed by atoms with van der Waals surface area (Å²) in [6, 6.07) is 6.80. The zero-order valence-electron chi connectivity index (χ0n) is 27.4. The van der Waals surface area contributed by atoms with Gasteiger partial charge in [-0.3, -0.25) is 14.4 Å². The summed E-state index contributed by atoms with van der Waals surface area (Å²) >= 11 is 0. The fourth-order valence-corrected chi connectivity index (χ4v) is 5.02. The predicted molar refractivity (Wildman–Crippen MR) is 172 cm³/mol. The maximum atomic E-state index is 13.8. The molecule has 248 valence electrons. The molecule has 9 heteroatoms. The lowest BCUT2D eigenvalue weighted by atomic mass is 9.89. The van der Waals surface area contributed by atoms with Crippen molar-refractivity contribution in [2.75, 3.05) is 7.11 Å². The van der Waals surface area contributed by atoms with E-state index in [1.165, 1.54) is 7.11 Å². The lowest BCUT2D eigenvalue weighted by Gasteiger charge is -2.20. The number of hydrogen-bond acceptors (Lipinski definition) is 9. The fraction of sp³-hybridized carbons (Fsp3) is 0.556. The van der Waals surface area contributed by atoms with Gasteiger partial charge in [0.05, 0.1) is 23.8 Å². The van der Waals surface area contributed by atoms with Crippen molar-refractivity contribution in [3.05, 3.63) is 46.5 Å². The van der Waals surface area contributed by atoms with E-state index in [1.807, 2.05) is 20.8 Å². The first-order chi connectivity index (χ1) is 21.7. The van der Waals surface area contributed by atoms with Crippen molar-refractivity contribution in [1.29, 1.82) is 0 Å². The Morgan fingerprint density at radius 3 is 1.64 bits per heavy atom. The van der Waals surface area contributed by atoms with Crippen LogP contribution in [0.3, 0.4) is 0 Å². The number of benzene rings is 2. The van der Waals surface area contributed by atoms with Crippen LogP contribution < -0.4 is 9.47 Å². The van der Waals surface area contributed by atoms with Gasteiger partial charge in [0.1, 0.15) is 12.4 Å². The molecule has 0 aliphatic heterocycles. The third-order valence-electron chi connectivity index (χ3n) is 7.66. The average Bonchev–Trinajstić information content (AvgIpc) is 3.04. The number of phenolic OH excluding ortho intramolecular Hbond substituents is 2. The van der Waals surface area contributed by atoms with Crippen molar-refractivity contribution in [2.45, 2.75) is 124 Å². The van der Waals surface area contributed by atoms with Crippen molar-refractivity contribution < 1.29 is 43.6 Å². The zero-order valence-corrected chi connectivity index (χ0v) is 27.4. The van der Waals surface area contributed by atoms with Crippen molar-refractivity contribution in [3.8, 4) is 23.0 Å². The number of carbonyl (C=O) groups excluding carboxylic acids is 4. The number of phenols is 2. The van der Waals surface area contributed by atoms with E-state index in [-0.39, 0.29) is 25.9 Å². The molecule has 0 radical (unpaired) electrons. The Kier molecular flexibility index (Phi) is 16.8. The van der Waals surface area contributed by atoms with E-state index >= 15 is 0 Å². The highest BCUT2D eigenvalue weighted by Crippen LogP contribution is 2.46. The third-order valence-corrected chi connectivity index (χ3v) is 7.66. The Hall–Kier alpha value is -3.88. The summed E-state index contributed by atoms with van der Waals surface area (Å²) in [6.07, 6.45) is 9.35. The smallest absolute Gasteiger partial charge is 0.340 e. The highest BCUT2D eigenvalue weighted by molar-refractivity contribution is 6.17. The lowest BCUT2D eigenvalue weighted by molar-refractivity contribution is -0.134. The molecule has 0 bridgehead atoms. The minimum Gasteiger partial charge on any atom is -0.504 e. The van der Waals surface area contributed by atoms with Gasteiger partial charge in [-0.2, -0.15) is 0 Å². The number of ether oxygens (including phenoxy) is 3. The molecule has 2 aromatic carbocycles. The summed E-state index contributed by atoms with van der Waals surface area (Å²) in [5.74, 6) is -4.82. The first-order valence-corrected chi connectivity index (χ1v) is 16.4. The number of aromatic hydroxyl groups is 2. The molecule has 45 heavy (non-hydrogen) atoms. The average molecular weight is 627 g/mol. The van der Waals surface area contributed by atoms with Crippen LogP contribution >= 0.6 is 0 Å². The molecule has 0 spiro atoms. The van der Waals surface area contributed by atoms with Gasteiger partial charge in [-0.25, -0.2) is 4.79 Å². The van der Waals surface area contributed by atoms with Gasteiger partial charge < -0.3 is 24.4 Å². The van der Waals surface area contributed by atoms with Crippen LogP contribution in [0.25, 0.3) is 0 Å². The van der Waals surface area contributed by atoms with Gasteiger partial charge in [0.15, 0.2) is 23.1 Å². The molecule has 0 saturated carbocycles. The van der Waals surface area contributed by atoms with Crippen LogP contribution in [0.4, 0.5) is 0 Å². The summed E-state index contributed by atoms with van der Waals surface area (Å²) in [5.41, 5.74) is -0.789. The summed E-state index contributed by atoms with van der Waals surface area (Å²) in [7, 11) is 1.53. The zero-order chi connectivity index (χ0) is 33.2. The maximum absolute atomic E-state index is 13.8. The van der Waals surface area contributed by atoms with E-state index in [1.54, 1.807) is 24.3 Å². The second-order valence-corrected chi connectivity index (χ2v) is 11.3. The molecule has 0 heterocycles. The van der Waals surface area contributed by atoms with Gasteiger partial charge in [-0.15, -0.1) is 0 Å². The molecule has 0 atom stereocenters. The van der Waals surface area contributed by atoms with Gasteiger partial charge in [0.2, 0.25) is 5.75 Å². The standard InChI is InChI=1S/C36H50O9/c1-5-8-11-14-17-27(37)30-32(36(42)44-24-25-20-22-26(43-4)23-21-25)31(28(38)18-15-12-9-6-2)35(34(41)33(30)40)45-29(39)19-16-13-10-7-3/h20-23,40-41H,5-19,24H2,1-4H3. The van der Waals surface area contributed by atoms with E-state index in [0.717, 1.165) is 57.8 Å². The predicted octanol–water partition coefficient (Wildman–Crippen LogP) is 8.65. The minimum atomic E-state index is -1.05. The number of rotatable bonds is 22. The van der Waals surface area contributed by atoms with Gasteiger partial charge in [-0.05, 0) is 37.0 Å². The Labute approximate surface area is 267 Å². The Morgan fingerprint density at radius 2 is 1.13 bits per heavy atom. The van der Waals surface area contributed by atoms with Gasteiger partial charge in [-0.1, -0.05) is 90.7 Å². The second-order valence-electron chi connectivity index (χ2n) is 11.3. The topological polar surface area (TPSA) is 136 Å². The van der Waals surface area contributed by atoms with Crippen LogP contribution in [-0.4, -0.2) is 40.8 Å². The Bertz CT molecular complexity index is 1260. The quantitative estimate of drug-likeness (QED) is 0.0432. The molecule has 0 unspecified atom stereocenters. The summed E-state index contributed by atoms with van der Waals surface area (Å²) < 4.78 is 16.3. The number of unbranched alkanes of at least 4 members (excludes halogenated alkanes) is 9. The van der Waals surface area contributed by atoms with E-state index in [9.17, 15) is 29.4 Å². The molecule has 0 aromatic heterocycles. The molecule has 0 aliphatic rings. The molecule has 2 N–H and O–H groups in total. The molecular formula is C36H50O9. The largest absolute Gasteiger partial charge is 0.504 e. The molecule has 0 aliphatic carbocycles. The molecule has 2 aromatic rings. The molecule has 0 saturated heterocycles. The molecule has 0 amide bonds. The first-order valence-electron chi connectivity index (χ1n) is 16.4. The van der Waals surface area contributed by atoms with Crippen LogP contribution in [0, 0.1) is 0 Å². The number of Topliss-reactive ketones (excluding diaryl/α,β-unsaturated/α-hetero) is 2. The number of carbonyl (C=O) groups is 4. The van der Waals surface area contributed by atoms with Gasteiger partial charge >= 0.3 is 11.9 Å². The van der Waals surface area contributed by atoms with Crippen molar-refractivity contribution in [3.63, 3.8) is 0 Å². The Morgan fingerprint density at radius 1 is 0.622 bits per heavy atom. The summed E-state index contributed by atoms with van der Waals surface area (Å²) in [4.78, 5) is 54.0. The first kappa shape index (κ1) is 37.3. The molecule has 9 nitrogen and oxygen atoms in total. The fourth-order valence-electron chi connectivity index (χ4n) is 5.02. The van der Waals surface area contributed by atoms with Crippen molar-refractivity contribution in [2.24, 2.45) is 0 Å². The summed E-state index contributed by atoms with van der Waals surface area (Å²) in [6.45, 7) is 5.91. The van der Waals surface area contributed by atoms with E-state index < -0.39 is 57.4 Å². The van der Waals surface area contributed by atoms with Crippen LogP contribution in [0.1, 0.15) is 154 Å². The number of methoxy groups -OCH3 is 1. The normalized spacial score (nSPS) is 10.8. The number of esters is 2. The number of ketones is 2. The van der Waals surface area contributed by atoms with E-state index in [2.05, 4.69) is 0 Å². The van der Waals surface area contributed by atoms with Crippen LogP contribution in [0.15, 0.2) is 24.3 Å². The molecular weight excluding hydrogens is 576 g/mol. The van der Waals surface area contributed by atoms with Crippen LogP contribution in [-0.2, 0) is 16.1 Å². The monoisotopic (exact) mass is 626 g/mol. The SMILES string of the molecule is CCCCCCC(=O)Oc1c(O)c(O)c(C(=O)CCCCCC)c(C(=O)OCc2ccc(OC)cc2)c1C(=O)CCCCCC. The highest BCUT2D eigenvalue weighted by Gasteiger charge is 2.36. The second kappa shape index (κ2) is 20.2. The lowest BCUT2D eigenvalue weighted by Crippen LogP contribution is -2.21. The summed E-state index contributed by atoms with van der Waals surface area (Å²) in [5, 5.41) is 22.2. The highest BCUT2D eigenvalue weighted by atomic mass is 16.5. The van der Waals surface area contributed by atoms with Crippen molar-refractivity contribution >= 4 is 23.5 Å². The molecule has 2 rings (SSSR count). The number of hydrogen-bond donors (Lipinski definition) is 2. The Balaban J connectivity index is 2.63. The van der Waals surface area contributed by atoms with Gasteiger partial charge in [0, 0.05) is 19.3 Å².